The molecule has 0 aromatic rings. The van der Waals surface area contributed by atoms with Crippen molar-refractivity contribution in [3.8, 4) is 0 Å². The molecule has 0 aromatic carbocycles. The lowest BCUT2D eigenvalue weighted by atomic mass is 9.94. The van der Waals surface area contributed by atoms with Gasteiger partial charge in [0.2, 0.25) is 0 Å². The molecule has 0 aliphatic carbocycles. The van der Waals surface area contributed by atoms with Gasteiger partial charge in [0.1, 0.15) is 0 Å². The van der Waals surface area contributed by atoms with E-state index in [1.165, 1.54) is 0 Å². The molecule has 1 N–H and O–H groups in total. The lowest BCUT2D eigenvalue weighted by Crippen LogP contribution is -2.46. The Labute approximate surface area is 131 Å². The Morgan fingerprint density at radius 1 is 1.29 bits per heavy atom. The molecular formula is C17H34O3Si. The fourth-order valence-electron chi connectivity index (χ4n) is 1.98. The van der Waals surface area contributed by atoms with Crippen molar-refractivity contribution in [3.63, 3.8) is 0 Å². The molecule has 124 valence electrons. The quantitative estimate of drug-likeness (QED) is 0.476. The van der Waals surface area contributed by atoms with Crippen LogP contribution >= 0.6 is 0 Å². The molecule has 0 amide bonds. The fraction of sp³-hybridized carbons (Fsp3) is 0.824. The lowest BCUT2D eigenvalue weighted by Gasteiger charge is -2.40. The molecule has 0 aromatic heterocycles. The third-order valence-electron chi connectivity index (χ3n) is 4.71. The molecule has 0 unspecified atom stereocenters. The van der Waals surface area contributed by atoms with Crippen molar-refractivity contribution in [2.45, 2.75) is 78.1 Å². The van der Waals surface area contributed by atoms with E-state index in [0.29, 0.717) is 5.92 Å². The van der Waals surface area contributed by atoms with Gasteiger partial charge in [0, 0.05) is 0 Å². The van der Waals surface area contributed by atoms with Gasteiger partial charge in [-0.1, -0.05) is 33.8 Å². The summed E-state index contributed by atoms with van der Waals surface area (Å²) < 4.78 is 6.39. The molecule has 0 rings (SSSR count). The average molecular weight is 315 g/mol. The molecule has 0 aliphatic rings. The maximum atomic E-state index is 11.4. The summed E-state index contributed by atoms with van der Waals surface area (Å²) in [6, 6.07) is 0. The molecule has 0 heterocycles. The Kier molecular flexibility index (Phi) is 7.90. The predicted molar refractivity (Wildman–Crippen MR) is 92.1 cm³/mol. The molecular weight excluding hydrogens is 280 g/mol. The number of aliphatic carboxylic acids is 1. The molecule has 3 atom stereocenters. The second-order valence-electron chi connectivity index (χ2n) is 7.75. The van der Waals surface area contributed by atoms with Crippen LogP contribution in [0.15, 0.2) is 12.7 Å². The summed E-state index contributed by atoms with van der Waals surface area (Å²) in [5, 5.41) is 9.43. The zero-order chi connectivity index (χ0) is 16.8. The molecule has 0 saturated heterocycles. The normalized spacial score (nSPS) is 17.1. The number of carboxylic acids is 1. The van der Waals surface area contributed by atoms with Crippen molar-refractivity contribution in [3.05, 3.63) is 12.7 Å². The molecule has 0 bridgehead atoms. The number of allylic oxidation sites excluding steroid dienone is 1. The highest BCUT2D eigenvalue weighted by atomic mass is 28.4. The minimum Gasteiger partial charge on any atom is -0.481 e. The Bertz CT molecular complexity index is 344. The minimum atomic E-state index is -1.95. The van der Waals surface area contributed by atoms with Gasteiger partial charge < -0.3 is 9.53 Å². The van der Waals surface area contributed by atoms with E-state index >= 15 is 0 Å². The number of hydrogen-bond donors (Lipinski definition) is 1. The summed E-state index contributed by atoms with van der Waals surface area (Å²) in [6.07, 6.45) is 4.47. The van der Waals surface area contributed by atoms with E-state index in [-0.39, 0.29) is 11.1 Å². The molecule has 0 aliphatic heterocycles. The van der Waals surface area contributed by atoms with Gasteiger partial charge in [-0.05, 0) is 50.2 Å². The second-order valence-corrected chi connectivity index (χ2v) is 12.5. The third kappa shape index (κ3) is 6.79. The Morgan fingerprint density at radius 3 is 2.19 bits per heavy atom. The summed E-state index contributed by atoms with van der Waals surface area (Å²) >= 11 is 0. The van der Waals surface area contributed by atoms with Crippen molar-refractivity contribution >= 4 is 14.3 Å². The first kappa shape index (κ1) is 20.4. The maximum absolute atomic E-state index is 11.4. The van der Waals surface area contributed by atoms with Crippen LogP contribution < -0.4 is 0 Å². The van der Waals surface area contributed by atoms with Crippen LogP contribution in [0.2, 0.25) is 18.1 Å². The number of rotatable bonds is 9. The summed E-state index contributed by atoms with van der Waals surface area (Å²) in [4.78, 5) is 11.4. The van der Waals surface area contributed by atoms with Crippen LogP contribution in [0.3, 0.4) is 0 Å². The first-order chi connectivity index (χ1) is 9.42. The van der Waals surface area contributed by atoms with Gasteiger partial charge in [0.15, 0.2) is 8.32 Å². The van der Waals surface area contributed by atoms with Gasteiger partial charge in [0.05, 0.1) is 12.0 Å². The molecule has 0 spiro atoms. The van der Waals surface area contributed by atoms with Crippen molar-refractivity contribution < 1.29 is 14.3 Å². The Balaban J connectivity index is 4.91. The standard InChI is InChI=1S/C17H34O3Si/c1-9-10-13(2)11-12-15(14(3)16(18)19)20-21(7,8)17(4,5)6/h9,13-15H,1,10-12H2,2-8H3,(H,18,19)/t13-,14-,15+/m1/s1. The molecule has 4 heteroatoms. The van der Waals surface area contributed by atoms with E-state index in [9.17, 15) is 9.90 Å². The zero-order valence-electron chi connectivity index (χ0n) is 14.9. The van der Waals surface area contributed by atoms with E-state index in [1.54, 1.807) is 6.92 Å². The second kappa shape index (κ2) is 8.13. The van der Waals surface area contributed by atoms with E-state index < -0.39 is 20.2 Å². The van der Waals surface area contributed by atoms with Crippen LogP contribution in [0.5, 0.6) is 0 Å². The van der Waals surface area contributed by atoms with E-state index in [1.807, 2.05) is 6.08 Å². The predicted octanol–water partition coefficient (Wildman–Crippen LogP) is 5.09. The van der Waals surface area contributed by atoms with Crippen molar-refractivity contribution in [1.82, 2.24) is 0 Å². The largest absolute Gasteiger partial charge is 0.481 e. The average Bonchev–Trinajstić information content (AvgIpc) is 2.32. The Hall–Kier alpha value is -0.613. The van der Waals surface area contributed by atoms with Gasteiger partial charge in [-0.25, -0.2) is 0 Å². The van der Waals surface area contributed by atoms with Crippen molar-refractivity contribution in [1.29, 1.82) is 0 Å². The molecule has 3 nitrogen and oxygen atoms in total. The van der Waals surface area contributed by atoms with Gasteiger partial charge in [-0.2, -0.15) is 0 Å². The lowest BCUT2D eigenvalue weighted by molar-refractivity contribution is -0.144. The van der Waals surface area contributed by atoms with Gasteiger partial charge in [-0.3, -0.25) is 4.79 Å². The van der Waals surface area contributed by atoms with Crippen LogP contribution in [0.1, 0.15) is 53.9 Å². The summed E-state index contributed by atoms with van der Waals surface area (Å²) in [6.45, 7) is 18.6. The minimum absolute atomic E-state index is 0.0935. The topological polar surface area (TPSA) is 46.5 Å². The SMILES string of the molecule is C=CC[C@@H](C)CC[C@H](O[Si](C)(C)C(C)(C)C)[C@@H](C)C(=O)O. The van der Waals surface area contributed by atoms with E-state index in [2.05, 4.69) is 47.4 Å². The Morgan fingerprint density at radius 2 is 1.81 bits per heavy atom. The smallest absolute Gasteiger partial charge is 0.308 e. The zero-order valence-corrected chi connectivity index (χ0v) is 15.9. The summed E-state index contributed by atoms with van der Waals surface area (Å²) in [7, 11) is -1.95. The van der Waals surface area contributed by atoms with Crippen LogP contribution in [0.25, 0.3) is 0 Å². The number of carbonyl (C=O) groups is 1. The highest BCUT2D eigenvalue weighted by Gasteiger charge is 2.41. The number of hydrogen-bond acceptors (Lipinski definition) is 2. The van der Waals surface area contributed by atoms with Gasteiger partial charge >= 0.3 is 5.97 Å². The summed E-state index contributed by atoms with van der Waals surface area (Å²) in [5.74, 6) is -0.709. The molecule has 21 heavy (non-hydrogen) atoms. The van der Waals surface area contributed by atoms with Crippen LogP contribution in [0.4, 0.5) is 0 Å². The monoisotopic (exact) mass is 314 g/mol. The van der Waals surface area contributed by atoms with Gasteiger partial charge in [0.25, 0.3) is 0 Å². The highest BCUT2D eigenvalue weighted by molar-refractivity contribution is 6.74. The van der Waals surface area contributed by atoms with Crippen molar-refractivity contribution in [2.75, 3.05) is 0 Å². The number of carboxylic acid groups (broad SMARTS) is 1. The first-order valence-electron chi connectivity index (χ1n) is 7.94. The van der Waals surface area contributed by atoms with E-state index in [4.69, 9.17) is 4.43 Å². The van der Waals surface area contributed by atoms with Gasteiger partial charge in [-0.15, -0.1) is 6.58 Å². The summed E-state index contributed by atoms with van der Waals surface area (Å²) in [5.41, 5.74) is 0. The van der Waals surface area contributed by atoms with Crippen LogP contribution in [0, 0.1) is 11.8 Å². The third-order valence-corrected chi connectivity index (χ3v) is 9.22. The fourth-order valence-corrected chi connectivity index (χ4v) is 3.41. The molecule has 0 radical (unpaired) electrons. The highest BCUT2D eigenvalue weighted by Crippen LogP contribution is 2.38. The first-order valence-corrected chi connectivity index (χ1v) is 10.8. The maximum Gasteiger partial charge on any atom is 0.308 e. The van der Waals surface area contributed by atoms with E-state index in [0.717, 1.165) is 19.3 Å². The molecule has 0 saturated carbocycles. The van der Waals surface area contributed by atoms with Crippen LogP contribution in [-0.4, -0.2) is 25.5 Å². The molecule has 0 fully saturated rings. The van der Waals surface area contributed by atoms with Crippen LogP contribution in [-0.2, 0) is 9.22 Å². The van der Waals surface area contributed by atoms with Crippen molar-refractivity contribution in [2.24, 2.45) is 11.8 Å².